The number of anilines is 1. The zero-order valence-corrected chi connectivity index (χ0v) is 22.3. The van der Waals surface area contributed by atoms with Crippen molar-refractivity contribution in [1.82, 2.24) is 19.8 Å². The lowest BCUT2D eigenvalue weighted by atomic mass is 10.2. The summed E-state index contributed by atoms with van der Waals surface area (Å²) in [7, 11) is -3.56. The first-order valence-corrected chi connectivity index (χ1v) is 14.5. The number of morpholine rings is 1. The molecule has 0 radical (unpaired) electrons. The van der Waals surface area contributed by atoms with Crippen LogP contribution in [0.25, 0.3) is 6.08 Å². The maximum absolute atomic E-state index is 12.7. The molecular weight excluding hydrogens is 539 g/mol. The van der Waals surface area contributed by atoms with Crippen molar-refractivity contribution in [2.45, 2.75) is 15.0 Å². The van der Waals surface area contributed by atoms with Crippen LogP contribution in [0.1, 0.15) is 11.1 Å². The van der Waals surface area contributed by atoms with E-state index in [4.69, 9.17) is 17.0 Å². The number of carbonyl (C=O) groups excluding carboxylic acids is 1. The molecule has 0 spiro atoms. The molecule has 3 aromatic rings. The average molecular weight is 562 g/mol. The SMILES string of the molecule is O=C(/C=C/c1ccc(S(=O)(=O)N2CCOCC2)cc1)NC(=S)Nc1nnc(SCc2ccccc2)s1. The van der Waals surface area contributed by atoms with Gasteiger partial charge in [-0.05, 0) is 41.6 Å². The van der Waals surface area contributed by atoms with Gasteiger partial charge in [-0.3, -0.25) is 10.1 Å². The van der Waals surface area contributed by atoms with Crippen molar-refractivity contribution in [3.8, 4) is 0 Å². The minimum Gasteiger partial charge on any atom is -0.379 e. The lowest BCUT2D eigenvalue weighted by Crippen LogP contribution is -2.40. The molecule has 1 fully saturated rings. The summed E-state index contributed by atoms with van der Waals surface area (Å²) in [4.78, 5) is 12.4. The van der Waals surface area contributed by atoms with E-state index in [1.807, 2.05) is 30.3 Å². The zero-order chi connectivity index (χ0) is 25.4. The Labute approximate surface area is 223 Å². The number of aromatic nitrogens is 2. The highest BCUT2D eigenvalue weighted by molar-refractivity contribution is 8.00. The predicted octanol–water partition coefficient (Wildman–Crippen LogP) is 3.38. The Morgan fingerprint density at radius 1 is 1.11 bits per heavy atom. The average Bonchev–Trinajstić information content (AvgIpc) is 3.34. The highest BCUT2D eigenvalue weighted by Gasteiger charge is 2.25. The maximum Gasteiger partial charge on any atom is 0.250 e. The number of rotatable bonds is 8. The molecule has 9 nitrogen and oxygen atoms in total. The van der Waals surface area contributed by atoms with E-state index in [0.29, 0.717) is 37.0 Å². The van der Waals surface area contributed by atoms with Gasteiger partial charge in [-0.1, -0.05) is 65.6 Å². The summed E-state index contributed by atoms with van der Waals surface area (Å²) >= 11 is 8.10. The Kier molecular flexibility index (Phi) is 9.18. The van der Waals surface area contributed by atoms with Crippen molar-refractivity contribution in [2.75, 3.05) is 31.6 Å². The van der Waals surface area contributed by atoms with Crippen molar-refractivity contribution in [3.63, 3.8) is 0 Å². The number of thiocarbonyl (C=S) groups is 1. The van der Waals surface area contributed by atoms with E-state index < -0.39 is 15.9 Å². The third-order valence-corrected chi connectivity index (χ3v) is 9.14. The molecule has 0 bridgehead atoms. The van der Waals surface area contributed by atoms with Gasteiger partial charge in [0.15, 0.2) is 9.45 Å². The van der Waals surface area contributed by atoms with Crippen LogP contribution in [0.2, 0.25) is 0 Å². The van der Waals surface area contributed by atoms with Crippen LogP contribution < -0.4 is 10.6 Å². The van der Waals surface area contributed by atoms with E-state index in [1.54, 1.807) is 30.0 Å². The van der Waals surface area contributed by atoms with Gasteiger partial charge in [0.2, 0.25) is 21.1 Å². The van der Waals surface area contributed by atoms with E-state index in [1.165, 1.54) is 39.4 Å². The lowest BCUT2D eigenvalue weighted by molar-refractivity contribution is -0.115. The molecule has 1 aliphatic rings. The number of hydrogen-bond acceptors (Lipinski definition) is 9. The minimum atomic E-state index is -3.56. The number of ether oxygens (including phenoxy) is 1. The minimum absolute atomic E-state index is 0.104. The number of nitrogens with zero attached hydrogens (tertiary/aromatic N) is 3. The van der Waals surface area contributed by atoms with E-state index in [-0.39, 0.29) is 10.0 Å². The number of benzene rings is 2. The van der Waals surface area contributed by atoms with Crippen molar-refractivity contribution < 1.29 is 17.9 Å². The van der Waals surface area contributed by atoms with Gasteiger partial charge in [-0.15, -0.1) is 10.2 Å². The van der Waals surface area contributed by atoms with Crippen LogP contribution in [0, 0.1) is 0 Å². The van der Waals surface area contributed by atoms with E-state index in [9.17, 15) is 13.2 Å². The predicted molar refractivity (Wildman–Crippen MR) is 145 cm³/mol. The molecule has 0 atom stereocenters. The van der Waals surface area contributed by atoms with Crippen LogP contribution in [-0.4, -0.2) is 60.2 Å². The second-order valence-corrected chi connectivity index (χ2v) is 12.1. The standard InChI is InChI=1S/C23H23N5O4S4/c29-20(11-8-17-6-9-19(10-7-17)36(30,31)28-12-14-32-15-13-28)24-21(33)25-22-26-27-23(35-22)34-16-18-4-2-1-3-5-18/h1-11H,12-16H2,(H2,24,25,26,29,33)/b11-8+. The van der Waals surface area contributed by atoms with Gasteiger partial charge in [-0.2, -0.15) is 4.31 Å². The first-order valence-electron chi connectivity index (χ1n) is 10.9. The highest BCUT2D eigenvalue weighted by Crippen LogP contribution is 2.28. The summed E-state index contributed by atoms with van der Waals surface area (Å²) in [6.45, 7) is 1.45. The number of carbonyl (C=O) groups is 1. The van der Waals surface area contributed by atoms with E-state index >= 15 is 0 Å². The Balaban J connectivity index is 1.25. The van der Waals surface area contributed by atoms with E-state index in [2.05, 4.69) is 20.8 Å². The first-order chi connectivity index (χ1) is 17.4. The molecule has 2 aromatic carbocycles. The molecule has 1 aliphatic heterocycles. The topological polar surface area (TPSA) is 114 Å². The van der Waals surface area contributed by atoms with Gasteiger partial charge in [0, 0.05) is 24.9 Å². The summed E-state index contributed by atoms with van der Waals surface area (Å²) in [6.07, 6.45) is 2.90. The van der Waals surface area contributed by atoms with Gasteiger partial charge >= 0.3 is 0 Å². The summed E-state index contributed by atoms with van der Waals surface area (Å²) in [5, 5.41) is 14.2. The van der Waals surface area contributed by atoms with Crippen LogP contribution in [-0.2, 0) is 25.3 Å². The van der Waals surface area contributed by atoms with Crippen LogP contribution in [0.3, 0.4) is 0 Å². The third-order valence-electron chi connectivity index (χ3n) is 4.98. The number of hydrogen-bond donors (Lipinski definition) is 2. The van der Waals surface area contributed by atoms with Crippen molar-refractivity contribution in [3.05, 3.63) is 71.8 Å². The van der Waals surface area contributed by atoms with Gasteiger partial charge in [0.05, 0.1) is 18.1 Å². The van der Waals surface area contributed by atoms with E-state index in [0.717, 1.165) is 10.1 Å². The summed E-state index contributed by atoms with van der Waals surface area (Å²) in [5.41, 5.74) is 1.87. The Bertz CT molecular complexity index is 1320. The Morgan fingerprint density at radius 3 is 2.56 bits per heavy atom. The molecule has 4 rings (SSSR count). The fourth-order valence-corrected chi connectivity index (χ4v) is 6.56. The number of sulfonamides is 1. The number of thioether (sulfide) groups is 1. The second kappa shape index (κ2) is 12.5. The van der Waals surface area contributed by atoms with Crippen LogP contribution in [0.5, 0.6) is 0 Å². The van der Waals surface area contributed by atoms with Gasteiger partial charge in [-0.25, -0.2) is 8.42 Å². The molecule has 1 saturated heterocycles. The molecule has 188 valence electrons. The van der Waals surface area contributed by atoms with Crippen molar-refractivity contribution in [2.24, 2.45) is 0 Å². The first kappa shape index (κ1) is 26.4. The smallest absolute Gasteiger partial charge is 0.250 e. The lowest BCUT2D eigenvalue weighted by Gasteiger charge is -2.26. The number of nitrogens with one attached hydrogen (secondary N) is 2. The quantitative estimate of drug-likeness (QED) is 0.243. The molecule has 2 heterocycles. The van der Waals surface area contributed by atoms with Gasteiger partial charge < -0.3 is 10.1 Å². The summed E-state index contributed by atoms with van der Waals surface area (Å²) in [6, 6.07) is 16.4. The maximum atomic E-state index is 12.7. The summed E-state index contributed by atoms with van der Waals surface area (Å²) < 4.78 is 32.8. The molecule has 36 heavy (non-hydrogen) atoms. The molecule has 0 aliphatic carbocycles. The Morgan fingerprint density at radius 2 is 1.83 bits per heavy atom. The number of amides is 1. The fraction of sp³-hybridized carbons (Fsp3) is 0.217. The molecule has 1 amide bonds. The molecule has 13 heteroatoms. The highest BCUT2D eigenvalue weighted by atomic mass is 32.2. The van der Waals surface area contributed by atoms with Crippen LogP contribution in [0.4, 0.5) is 5.13 Å². The molecule has 0 unspecified atom stereocenters. The van der Waals surface area contributed by atoms with Crippen LogP contribution >= 0.6 is 35.3 Å². The monoisotopic (exact) mass is 561 g/mol. The third kappa shape index (κ3) is 7.41. The Hall–Kier alpha value is -2.68. The normalized spacial score (nSPS) is 14.6. The van der Waals surface area contributed by atoms with Crippen LogP contribution in [0.15, 0.2) is 69.9 Å². The zero-order valence-electron chi connectivity index (χ0n) is 19.0. The summed E-state index contributed by atoms with van der Waals surface area (Å²) in [5.74, 6) is 0.349. The molecule has 0 saturated carbocycles. The van der Waals surface area contributed by atoms with Crippen molar-refractivity contribution in [1.29, 1.82) is 0 Å². The fourth-order valence-electron chi connectivity index (χ4n) is 3.18. The largest absolute Gasteiger partial charge is 0.379 e. The second-order valence-electron chi connectivity index (χ2n) is 7.51. The molecule has 1 aromatic heterocycles. The molecular formula is C23H23N5O4S4. The van der Waals surface area contributed by atoms with Gasteiger partial charge in [0.1, 0.15) is 0 Å². The van der Waals surface area contributed by atoms with Crippen molar-refractivity contribution >= 4 is 67.6 Å². The molecule has 2 N–H and O–H groups in total. The van der Waals surface area contributed by atoms with Gasteiger partial charge in [0.25, 0.3) is 0 Å².